The lowest BCUT2D eigenvalue weighted by molar-refractivity contribution is -0.129. The Morgan fingerprint density at radius 1 is 1.02 bits per heavy atom. The minimum absolute atomic E-state index is 0.0399. The maximum absolute atomic E-state index is 15.6. The molecule has 0 radical (unpaired) electrons. The number of carbonyl (C=O) groups is 1. The SMILES string of the molecule is O=C1NCCC2CC(O)CN2c2ncc(cn2)-c2ccnc(c2)Nc2cccc(c2F)CN2CCN(CC2)C12CC2. The predicted octanol–water partition coefficient (Wildman–Crippen LogP) is 2.53. The normalized spacial score (nSPS) is 27.3. The molecule has 41 heavy (non-hydrogen) atoms. The van der Waals surface area contributed by atoms with Crippen molar-refractivity contribution in [3.63, 3.8) is 0 Å². The van der Waals surface area contributed by atoms with Crippen LogP contribution in [0.1, 0.15) is 31.2 Å². The molecule has 6 aliphatic heterocycles. The minimum Gasteiger partial charge on any atom is -0.391 e. The lowest BCUT2D eigenvalue weighted by Gasteiger charge is -2.39. The second-order valence-corrected chi connectivity index (χ2v) is 11.6. The molecule has 10 nitrogen and oxygen atoms in total. The van der Waals surface area contributed by atoms with Crippen LogP contribution in [0.25, 0.3) is 11.1 Å². The summed E-state index contributed by atoms with van der Waals surface area (Å²) in [5, 5.41) is 16.8. The quantitative estimate of drug-likeness (QED) is 0.384. The molecule has 3 aromatic rings. The molecule has 214 valence electrons. The molecule has 2 aromatic heterocycles. The smallest absolute Gasteiger partial charge is 0.240 e. The summed E-state index contributed by atoms with van der Waals surface area (Å²) < 4.78 is 15.6. The molecule has 3 N–H and O–H groups in total. The van der Waals surface area contributed by atoms with Gasteiger partial charge in [0.15, 0.2) is 5.82 Å². The Kier molecular flexibility index (Phi) is 6.80. The van der Waals surface area contributed by atoms with Crippen molar-refractivity contribution in [2.24, 2.45) is 0 Å². The van der Waals surface area contributed by atoms with Crippen LogP contribution in [0.15, 0.2) is 48.9 Å². The van der Waals surface area contributed by atoms with Crippen molar-refractivity contribution in [1.29, 1.82) is 0 Å². The van der Waals surface area contributed by atoms with E-state index in [0.717, 1.165) is 50.1 Å². The number of aliphatic hydroxyl groups excluding tert-OH is 1. The highest BCUT2D eigenvalue weighted by molar-refractivity contribution is 5.89. The van der Waals surface area contributed by atoms with E-state index in [1.165, 1.54) is 0 Å². The summed E-state index contributed by atoms with van der Waals surface area (Å²) in [4.78, 5) is 33.6. The van der Waals surface area contributed by atoms with E-state index in [2.05, 4.69) is 35.4 Å². The van der Waals surface area contributed by atoms with Crippen molar-refractivity contribution in [1.82, 2.24) is 30.1 Å². The monoisotopic (exact) mass is 558 g/mol. The van der Waals surface area contributed by atoms with Gasteiger partial charge in [0.2, 0.25) is 11.9 Å². The van der Waals surface area contributed by atoms with Gasteiger partial charge in [-0.1, -0.05) is 12.1 Å². The first-order valence-corrected chi connectivity index (χ1v) is 14.5. The molecule has 1 spiro atoms. The van der Waals surface area contributed by atoms with E-state index in [9.17, 15) is 9.90 Å². The van der Waals surface area contributed by atoms with Crippen LogP contribution >= 0.6 is 0 Å². The number of rotatable bonds is 0. The Morgan fingerprint density at radius 2 is 1.83 bits per heavy atom. The molecule has 1 aromatic carbocycles. The average Bonchev–Trinajstić information content (AvgIpc) is 3.72. The van der Waals surface area contributed by atoms with E-state index >= 15 is 4.39 Å². The number of carbonyl (C=O) groups excluding carboxylic acids is 1. The van der Waals surface area contributed by atoms with Crippen molar-refractivity contribution in [3.8, 4) is 11.1 Å². The molecule has 7 aliphatic rings. The number of anilines is 3. The molecule has 1 aliphatic carbocycles. The fourth-order valence-corrected chi connectivity index (χ4v) is 6.54. The molecule has 2 saturated heterocycles. The lowest BCUT2D eigenvalue weighted by Crippen LogP contribution is -2.56. The van der Waals surface area contributed by atoms with Gasteiger partial charge in [0.1, 0.15) is 11.4 Å². The molecule has 8 bridgehead atoms. The third-order valence-corrected chi connectivity index (χ3v) is 9.00. The van der Waals surface area contributed by atoms with Crippen LogP contribution in [-0.2, 0) is 11.3 Å². The number of aliphatic hydroxyl groups is 1. The number of halogens is 1. The second-order valence-electron chi connectivity index (χ2n) is 11.6. The first kappa shape index (κ1) is 26.2. The van der Waals surface area contributed by atoms with E-state index in [1.54, 1.807) is 24.7 Å². The number of pyridine rings is 1. The van der Waals surface area contributed by atoms with E-state index < -0.39 is 11.6 Å². The number of piperazine rings is 1. The molecule has 3 fully saturated rings. The van der Waals surface area contributed by atoms with Crippen LogP contribution < -0.4 is 15.5 Å². The predicted molar refractivity (Wildman–Crippen MR) is 153 cm³/mol. The number of nitrogens with one attached hydrogen (secondary N) is 2. The second kappa shape index (κ2) is 10.6. The lowest BCUT2D eigenvalue weighted by atomic mass is 10.1. The van der Waals surface area contributed by atoms with Gasteiger partial charge in [-0.3, -0.25) is 14.6 Å². The van der Waals surface area contributed by atoms with Gasteiger partial charge in [-0.25, -0.2) is 19.3 Å². The van der Waals surface area contributed by atoms with Crippen LogP contribution in [0, 0.1) is 5.82 Å². The fraction of sp³-hybridized carbons (Fsp3) is 0.467. The van der Waals surface area contributed by atoms with Crippen molar-refractivity contribution in [2.75, 3.05) is 49.5 Å². The van der Waals surface area contributed by atoms with Gasteiger partial charge in [0, 0.05) is 81.6 Å². The Hall–Kier alpha value is -3.67. The molecular formula is C30H35FN8O2. The minimum atomic E-state index is -0.462. The Balaban J connectivity index is 1.19. The molecule has 8 heterocycles. The number of aromatic nitrogens is 3. The molecular weight excluding hydrogens is 523 g/mol. The van der Waals surface area contributed by atoms with Gasteiger partial charge < -0.3 is 20.6 Å². The Labute approximate surface area is 238 Å². The zero-order valence-electron chi connectivity index (χ0n) is 23.0. The summed E-state index contributed by atoms with van der Waals surface area (Å²) >= 11 is 0. The van der Waals surface area contributed by atoms with Crippen LogP contribution in [0.4, 0.5) is 21.8 Å². The van der Waals surface area contributed by atoms with Gasteiger partial charge in [-0.2, -0.15) is 0 Å². The standard InChI is InChI=1S/C30H35FN8O2/c31-27-21-2-1-3-25(27)36-26-14-20(4-8-32-26)22-16-34-29(35-17-22)39-19-24(40)15-23(39)5-9-33-28(41)30(6-7-30)38-12-10-37(18-21)11-13-38/h1-4,8,14,16-17,23-24,40H,5-7,9-13,15,18-19H2,(H,32,36)(H,33,41). The van der Waals surface area contributed by atoms with Crippen LogP contribution in [-0.4, -0.2) is 92.7 Å². The molecule has 2 atom stereocenters. The maximum Gasteiger partial charge on any atom is 0.240 e. The highest BCUT2D eigenvalue weighted by Gasteiger charge is 2.54. The number of amides is 1. The third kappa shape index (κ3) is 5.13. The van der Waals surface area contributed by atoms with Gasteiger partial charge in [-0.15, -0.1) is 0 Å². The van der Waals surface area contributed by atoms with Crippen LogP contribution in [0.2, 0.25) is 0 Å². The molecule has 2 unspecified atom stereocenters. The van der Waals surface area contributed by atoms with Crippen LogP contribution in [0.3, 0.4) is 0 Å². The van der Waals surface area contributed by atoms with E-state index in [4.69, 9.17) is 0 Å². The summed E-state index contributed by atoms with van der Waals surface area (Å²) in [6.45, 7) is 4.62. The topological polar surface area (TPSA) is 110 Å². The first-order valence-electron chi connectivity index (χ1n) is 14.5. The summed E-state index contributed by atoms with van der Waals surface area (Å²) in [5.41, 5.74) is 2.25. The van der Waals surface area contributed by atoms with Gasteiger partial charge in [0.05, 0.1) is 11.8 Å². The summed E-state index contributed by atoms with van der Waals surface area (Å²) in [7, 11) is 0. The number of hydrogen-bond donors (Lipinski definition) is 3. The fourth-order valence-electron chi connectivity index (χ4n) is 6.54. The summed E-state index contributed by atoms with van der Waals surface area (Å²) in [6, 6.07) is 9.18. The zero-order valence-corrected chi connectivity index (χ0v) is 23.0. The van der Waals surface area contributed by atoms with Gasteiger partial charge >= 0.3 is 0 Å². The highest BCUT2D eigenvalue weighted by Crippen LogP contribution is 2.42. The molecule has 1 amide bonds. The Bertz CT molecular complexity index is 1420. The van der Waals surface area contributed by atoms with Gasteiger partial charge in [0.25, 0.3) is 0 Å². The van der Waals surface area contributed by atoms with E-state index in [1.807, 2.05) is 29.2 Å². The third-order valence-electron chi connectivity index (χ3n) is 9.00. The Morgan fingerprint density at radius 3 is 2.61 bits per heavy atom. The number of benzene rings is 1. The van der Waals surface area contributed by atoms with Crippen molar-refractivity contribution in [3.05, 3.63) is 60.3 Å². The number of hydrogen-bond acceptors (Lipinski definition) is 9. The highest BCUT2D eigenvalue weighted by atomic mass is 19.1. The van der Waals surface area contributed by atoms with Crippen LogP contribution in [0.5, 0.6) is 0 Å². The first-order chi connectivity index (χ1) is 20.0. The summed E-state index contributed by atoms with van der Waals surface area (Å²) in [5.74, 6) is 0.899. The molecule has 10 rings (SSSR count). The van der Waals surface area contributed by atoms with Crippen molar-refractivity contribution in [2.45, 2.75) is 49.9 Å². The maximum atomic E-state index is 15.6. The number of nitrogens with zero attached hydrogens (tertiary/aromatic N) is 6. The largest absolute Gasteiger partial charge is 0.391 e. The van der Waals surface area contributed by atoms with E-state index in [-0.39, 0.29) is 17.8 Å². The summed E-state index contributed by atoms with van der Waals surface area (Å²) in [6.07, 6.45) is 7.80. The molecule has 1 saturated carbocycles. The zero-order chi connectivity index (χ0) is 28.0. The van der Waals surface area contributed by atoms with Crippen molar-refractivity contribution >= 4 is 23.4 Å². The van der Waals surface area contributed by atoms with E-state index in [0.29, 0.717) is 55.5 Å². The molecule has 11 heteroatoms. The van der Waals surface area contributed by atoms with Crippen molar-refractivity contribution < 1.29 is 14.3 Å². The average molecular weight is 559 g/mol. The van der Waals surface area contributed by atoms with Gasteiger partial charge in [-0.05, 0) is 49.4 Å².